The minimum Gasteiger partial charge on any atom is -0.496 e. The first-order chi connectivity index (χ1) is 13.2. The van der Waals surface area contributed by atoms with Gasteiger partial charge in [0.05, 0.1) is 18.4 Å². The molecule has 6 nitrogen and oxygen atoms in total. The minimum atomic E-state index is -0.231. The number of hydrogen-bond donors (Lipinski definition) is 1. The van der Waals surface area contributed by atoms with Crippen molar-refractivity contribution < 1.29 is 9.53 Å². The van der Waals surface area contributed by atoms with Crippen LogP contribution in [0, 0.1) is 6.92 Å². The lowest BCUT2D eigenvalue weighted by molar-refractivity contribution is 0.102. The number of methoxy groups -OCH3 is 1. The molecule has 0 atom stereocenters. The number of para-hydroxylation sites is 2. The summed E-state index contributed by atoms with van der Waals surface area (Å²) in [5.41, 5.74) is 4.38. The Morgan fingerprint density at radius 3 is 2.52 bits per heavy atom. The van der Waals surface area contributed by atoms with E-state index in [1.54, 1.807) is 18.0 Å². The average Bonchev–Trinajstić information content (AvgIpc) is 3.12. The Morgan fingerprint density at radius 2 is 1.74 bits per heavy atom. The molecule has 0 aliphatic carbocycles. The molecule has 0 saturated heterocycles. The van der Waals surface area contributed by atoms with Crippen molar-refractivity contribution in [3.8, 4) is 11.4 Å². The van der Waals surface area contributed by atoms with Gasteiger partial charge in [0.15, 0.2) is 0 Å². The van der Waals surface area contributed by atoms with Crippen LogP contribution in [0.1, 0.15) is 15.9 Å². The van der Waals surface area contributed by atoms with E-state index in [1.807, 2.05) is 67.6 Å². The van der Waals surface area contributed by atoms with Gasteiger partial charge in [-0.25, -0.2) is 0 Å². The van der Waals surface area contributed by atoms with E-state index in [9.17, 15) is 4.79 Å². The normalized spacial score (nSPS) is 10.7. The maximum absolute atomic E-state index is 12.7. The number of benzene rings is 3. The highest BCUT2D eigenvalue weighted by molar-refractivity contribution is 6.07. The Hall–Kier alpha value is -3.67. The van der Waals surface area contributed by atoms with Crippen molar-refractivity contribution in [1.29, 1.82) is 0 Å². The zero-order valence-electron chi connectivity index (χ0n) is 15.0. The van der Waals surface area contributed by atoms with Crippen molar-refractivity contribution in [2.24, 2.45) is 0 Å². The summed E-state index contributed by atoms with van der Waals surface area (Å²) >= 11 is 0. The second kappa shape index (κ2) is 6.92. The van der Waals surface area contributed by atoms with Crippen LogP contribution in [-0.4, -0.2) is 28.0 Å². The number of anilines is 1. The van der Waals surface area contributed by atoms with Gasteiger partial charge in [-0.3, -0.25) is 4.79 Å². The summed E-state index contributed by atoms with van der Waals surface area (Å²) in [7, 11) is 1.56. The standard InChI is InChI=1S/C21H18N4O2/c1-14-7-6-10-17(20(14)27-2)21(26)22-15-11-12-18-19(13-15)24-25(23-18)16-8-4-3-5-9-16/h3-13H,1-2H3,(H,22,26). The van der Waals surface area contributed by atoms with E-state index in [-0.39, 0.29) is 5.91 Å². The first-order valence-corrected chi connectivity index (χ1v) is 8.53. The number of hydrogen-bond acceptors (Lipinski definition) is 4. The molecule has 27 heavy (non-hydrogen) atoms. The second-order valence-corrected chi connectivity index (χ2v) is 6.14. The highest BCUT2D eigenvalue weighted by Gasteiger charge is 2.15. The van der Waals surface area contributed by atoms with Gasteiger partial charge in [-0.1, -0.05) is 30.3 Å². The van der Waals surface area contributed by atoms with Crippen LogP contribution in [0.5, 0.6) is 5.75 Å². The van der Waals surface area contributed by atoms with Gasteiger partial charge in [0, 0.05) is 5.69 Å². The van der Waals surface area contributed by atoms with Crippen molar-refractivity contribution in [2.45, 2.75) is 6.92 Å². The third-order valence-electron chi connectivity index (χ3n) is 4.29. The number of fused-ring (bicyclic) bond motifs is 1. The second-order valence-electron chi connectivity index (χ2n) is 6.14. The van der Waals surface area contributed by atoms with E-state index in [4.69, 9.17) is 4.74 Å². The monoisotopic (exact) mass is 358 g/mol. The number of carbonyl (C=O) groups is 1. The summed E-state index contributed by atoms with van der Waals surface area (Å²) in [6.07, 6.45) is 0. The molecule has 6 heteroatoms. The van der Waals surface area contributed by atoms with E-state index in [1.165, 1.54) is 0 Å². The van der Waals surface area contributed by atoms with Crippen molar-refractivity contribution in [1.82, 2.24) is 15.0 Å². The Bertz CT molecular complexity index is 1120. The smallest absolute Gasteiger partial charge is 0.259 e. The molecule has 1 N–H and O–H groups in total. The summed E-state index contributed by atoms with van der Waals surface area (Å²) < 4.78 is 5.37. The van der Waals surface area contributed by atoms with Crippen molar-refractivity contribution >= 4 is 22.6 Å². The van der Waals surface area contributed by atoms with Crippen LogP contribution in [-0.2, 0) is 0 Å². The fourth-order valence-electron chi connectivity index (χ4n) is 2.97. The number of aryl methyl sites for hydroxylation is 1. The Morgan fingerprint density at radius 1 is 0.963 bits per heavy atom. The molecule has 1 heterocycles. The first-order valence-electron chi connectivity index (χ1n) is 8.53. The molecule has 0 saturated carbocycles. The van der Waals surface area contributed by atoms with Gasteiger partial charge in [-0.15, -0.1) is 10.2 Å². The third-order valence-corrected chi connectivity index (χ3v) is 4.29. The van der Waals surface area contributed by atoms with Crippen LogP contribution >= 0.6 is 0 Å². The molecular weight excluding hydrogens is 340 g/mol. The molecule has 0 aliphatic rings. The predicted molar refractivity (Wildman–Crippen MR) is 105 cm³/mol. The van der Waals surface area contributed by atoms with Crippen LogP contribution in [0.2, 0.25) is 0 Å². The number of aromatic nitrogens is 3. The van der Waals surface area contributed by atoms with Gasteiger partial charge in [-0.05, 0) is 48.9 Å². The number of nitrogens with one attached hydrogen (secondary N) is 1. The maximum atomic E-state index is 12.7. The molecule has 0 fully saturated rings. The number of amides is 1. The lowest BCUT2D eigenvalue weighted by atomic mass is 10.1. The third kappa shape index (κ3) is 3.25. The number of carbonyl (C=O) groups excluding carboxylic acids is 1. The van der Waals surface area contributed by atoms with Crippen LogP contribution in [0.25, 0.3) is 16.7 Å². The molecule has 3 aromatic carbocycles. The molecule has 0 aliphatic heterocycles. The molecule has 4 rings (SSSR count). The van der Waals surface area contributed by atoms with E-state index >= 15 is 0 Å². The molecule has 0 unspecified atom stereocenters. The van der Waals surface area contributed by atoms with Gasteiger partial charge in [0.25, 0.3) is 5.91 Å². The van der Waals surface area contributed by atoms with Gasteiger partial charge >= 0.3 is 0 Å². The van der Waals surface area contributed by atoms with Gasteiger partial charge in [-0.2, -0.15) is 4.80 Å². The zero-order valence-corrected chi connectivity index (χ0v) is 15.0. The fourth-order valence-corrected chi connectivity index (χ4v) is 2.97. The zero-order chi connectivity index (χ0) is 18.8. The fraction of sp³-hybridized carbons (Fsp3) is 0.0952. The van der Waals surface area contributed by atoms with E-state index in [2.05, 4.69) is 15.5 Å². The summed E-state index contributed by atoms with van der Waals surface area (Å²) in [4.78, 5) is 14.3. The van der Waals surface area contributed by atoms with Gasteiger partial charge in [0.1, 0.15) is 16.8 Å². The lowest BCUT2D eigenvalue weighted by Crippen LogP contribution is -2.13. The number of rotatable bonds is 4. The van der Waals surface area contributed by atoms with Gasteiger partial charge < -0.3 is 10.1 Å². The van der Waals surface area contributed by atoms with Crippen molar-refractivity contribution in [3.05, 3.63) is 77.9 Å². The quantitative estimate of drug-likeness (QED) is 0.599. The van der Waals surface area contributed by atoms with Crippen molar-refractivity contribution in [3.63, 3.8) is 0 Å². The topological polar surface area (TPSA) is 69.0 Å². The van der Waals surface area contributed by atoms with E-state index < -0.39 is 0 Å². The van der Waals surface area contributed by atoms with E-state index in [0.29, 0.717) is 22.5 Å². The highest BCUT2D eigenvalue weighted by atomic mass is 16.5. The summed E-state index contributed by atoms with van der Waals surface area (Å²) in [6.45, 7) is 1.91. The first kappa shape index (κ1) is 16.8. The molecule has 1 amide bonds. The number of ether oxygens (including phenoxy) is 1. The Balaban J connectivity index is 1.63. The largest absolute Gasteiger partial charge is 0.496 e. The SMILES string of the molecule is COc1c(C)cccc1C(=O)Nc1ccc2nn(-c3ccccc3)nc2c1. The summed E-state index contributed by atoms with van der Waals surface area (Å²) in [5.74, 6) is 0.344. The molecule has 0 radical (unpaired) electrons. The molecule has 0 bridgehead atoms. The van der Waals surface area contributed by atoms with Crippen LogP contribution < -0.4 is 10.1 Å². The maximum Gasteiger partial charge on any atom is 0.259 e. The van der Waals surface area contributed by atoms with E-state index in [0.717, 1.165) is 16.8 Å². The summed E-state index contributed by atoms with van der Waals surface area (Å²) in [5, 5.41) is 11.9. The van der Waals surface area contributed by atoms with Crippen LogP contribution in [0.3, 0.4) is 0 Å². The van der Waals surface area contributed by atoms with Crippen LogP contribution in [0.4, 0.5) is 5.69 Å². The molecule has 1 aromatic heterocycles. The van der Waals surface area contributed by atoms with Gasteiger partial charge in [0.2, 0.25) is 0 Å². The highest BCUT2D eigenvalue weighted by Crippen LogP contribution is 2.24. The molecule has 0 spiro atoms. The molecule has 4 aromatic rings. The minimum absolute atomic E-state index is 0.231. The Kier molecular flexibility index (Phi) is 4.30. The Labute approximate surface area is 156 Å². The van der Waals surface area contributed by atoms with Crippen molar-refractivity contribution in [2.75, 3.05) is 12.4 Å². The predicted octanol–water partition coefficient (Wildman–Crippen LogP) is 3.99. The summed E-state index contributed by atoms with van der Waals surface area (Å²) in [6, 6.07) is 20.6. The van der Waals surface area contributed by atoms with Crippen LogP contribution in [0.15, 0.2) is 66.7 Å². The molecular formula is C21H18N4O2. The molecule has 134 valence electrons. The number of nitrogens with zero attached hydrogens (tertiary/aromatic N) is 3. The lowest BCUT2D eigenvalue weighted by Gasteiger charge is -2.11. The average molecular weight is 358 g/mol.